The fraction of sp³-hybridized carbons (Fsp3) is 0.0526. The van der Waals surface area contributed by atoms with E-state index >= 15 is 0 Å². The zero-order chi connectivity index (χ0) is 20.6. The summed E-state index contributed by atoms with van der Waals surface area (Å²) in [5.74, 6) is -0.304. The van der Waals surface area contributed by atoms with Crippen LogP contribution in [0.4, 0.5) is 10.8 Å². The lowest BCUT2D eigenvalue weighted by atomic mass is 10.1. The lowest BCUT2D eigenvalue weighted by Crippen LogP contribution is -2.14. The molecule has 0 radical (unpaired) electrons. The number of amides is 1. The largest absolute Gasteiger partial charge is 0.449 e. The number of aromatic nitrogens is 1. The van der Waals surface area contributed by atoms with E-state index in [9.17, 15) is 13.2 Å². The Labute approximate surface area is 175 Å². The van der Waals surface area contributed by atoms with Crippen molar-refractivity contribution >= 4 is 60.7 Å². The van der Waals surface area contributed by atoms with E-state index in [0.717, 1.165) is 5.39 Å². The van der Waals surface area contributed by atoms with Gasteiger partial charge in [-0.1, -0.05) is 23.7 Å². The molecule has 0 saturated heterocycles. The van der Waals surface area contributed by atoms with E-state index in [1.54, 1.807) is 24.4 Å². The van der Waals surface area contributed by atoms with Gasteiger partial charge in [0.1, 0.15) is 0 Å². The van der Waals surface area contributed by atoms with Crippen molar-refractivity contribution in [1.29, 1.82) is 0 Å². The van der Waals surface area contributed by atoms with Crippen molar-refractivity contribution in [3.05, 3.63) is 70.4 Å². The highest BCUT2D eigenvalue weighted by Crippen LogP contribution is 2.31. The lowest BCUT2D eigenvalue weighted by Gasteiger charge is -2.07. The highest BCUT2D eigenvalue weighted by molar-refractivity contribution is 7.93. The first-order valence-electron chi connectivity index (χ1n) is 8.36. The van der Waals surface area contributed by atoms with Crippen molar-refractivity contribution in [2.75, 3.05) is 10.0 Å². The number of carbonyl (C=O) groups is 1. The third-order valence-electron chi connectivity index (χ3n) is 4.20. The standard InChI is InChI=1S/C19H14ClN3O4S2/c1-11-14-3-2-4-15(20)17(14)27-16(11)18(24)22-12-5-7-13(8-6-12)29(25,26)23-19-21-9-10-28-19/h2-10H,1H3,(H,21,23)(H,22,24). The summed E-state index contributed by atoms with van der Waals surface area (Å²) >= 11 is 7.31. The van der Waals surface area contributed by atoms with Gasteiger partial charge < -0.3 is 9.73 Å². The molecule has 0 aliphatic heterocycles. The Hall–Kier alpha value is -2.88. The number of rotatable bonds is 5. The van der Waals surface area contributed by atoms with Gasteiger partial charge in [-0.3, -0.25) is 9.52 Å². The van der Waals surface area contributed by atoms with Crippen molar-refractivity contribution in [1.82, 2.24) is 4.98 Å². The molecule has 0 saturated carbocycles. The summed E-state index contributed by atoms with van der Waals surface area (Å²) in [5, 5.41) is 5.84. The zero-order valence-electron chi connectivity index (χ0n) is 15.0. The number of furan rings is 1. The maximum Gasteiger partial charge on any atom is 0.291 e. The molecule has 7 nitrogen and oxygen atoms in total. The maximum absolute atomic E-state index is 12.6. The molecule has 0 unspecified atom stereocenters. The summed E-state index contributed by atoms with van der Waals surface area (Å²) in [6.45, 7) is 1.77. The van der Waals surface area contributed by atoms with Crippen LogP contribution in [0.3, 0.4) is 0 Å². The first-order valence-corrected chi connectivity index (χ1v) is 11.1. The molecule has 0 bridgehead atoms. The number of anilines is 2. The Bertz CT molecular complexity index is 1300. The minimum atomic E-state index is -3.76. The Morgan fingerprint density at radius 3 is 2.59 bits per heavy atom. The summed E-state index contributed by atoms with van der Waals surface area (Å²) in [7, 11) is -3.76. The number of thiazole rings is 1. The molecule has 148 valence electrons. The topological polar surface area (TPSA) is 101 Å². The first-order chi connectivity index (χ1) is 13.8. The Morgan fingerprint density at radius 1 is 1.17 bits per heavy atom. The highest BCUT2D eigenvalue weighted by Gasteiger charge is 2.20. The predicted octanol–water partition coefficient (Wildman–Crippen LogP) is 4.90. The van der Waals surface area contributed by atoms with Crippen LogP contribution in [-0.4, -0.2) is 19.3 Å². The van der Waals surface area contributed by atoms with Crippen LogP contribution >= 0.6 is 22.9 Å². The summed E-state index contributed by atoms with van der Waals surface area (Å²) < 4.78 is 32.8. The van der Waals surface area contributed by atoms with Gasteiger partial charge in [0.15, 0.2) is 16.5 Å². The van der Waals surface area contributed by atoms with Gasteiger partial charge in [0.2, 0.25) is 0 Å². The molecule has 10 heteroatoms. The molecule has 2 aromatic carbocycles. The van der Waals surface area contributed by atoms with Crippen molar-refractivity contribution in [2.45, 2.75) is 11.8 Å². The van der Waals surface area contributed by atoms with E-state index in [1.807, 2.05) is 6.07 Å². The van der Waals surface area contributed by atoms with E-state index in [2.05, 4.69) is 15.0 Å². The zero-order valence-corrected chi connectivity index (χ0v) is 17.4. The van der Waals surface area contributed by atoms with Crippen molar-refractivity contribution in [3.8, 4) is 0 Å². The van der Waals surface area contributed by atoms with E-state index in [1.165, 1.54) is 41.8 Å². The number of aryl methyl sites for hydroxylation is 1. The van der Waals surface area contributed by atoms with E-state index < -0.39 is 15.9 Å². The first kappa shape index (κ1) is 19.4. The smallest absolute Gasteiger partial charge is 0.291 e. The average Bonchev–Trinajstić information content (AvgIpc) is 3.31. The number of nitrogens with zero attached hydrogens (tertiary/aromatic N) is 1. The third-order valence-corrected chi connectivity index (χ3v) is 6.67. The van der Waals surface area contributed by atoms with Gasteiger partial charge in [-0.15, -0.1) is 11.3 Å². The second-order valence-electron chi connectivity index (χ2n) is 6.09. The number of para-hydroxylation sites is 1. The molecule has 0 aliphatic carbocycles. The SMILES string of the molecule is Cc1c(C(=O)Nc2ccc(S(=O)(=O)Nc3nccs3)cc2)oc2c(Cl)cccc12. The van der Waals surface area contributed by atoms with Gasteiger partial charge in [0, 0.05) is 28.2 Å². The van der Waals surface area contributed by atoms with Gasteiger partial charge in [-0.2, -0.15) is 0 Å². The molecule has 2 heterocycles. The van der Waals surface area contributed by atoms with Gasteiger partial charge in [0.25, 0.3) is 15.9 Å². The molecule has 2 N–H and O–H groups in total. The van der Waals surface area contributed by atoms with Crippen LogP contribution in [0.2, 0.25) is 5.02 Å². The Balaban J connectivity index is 1.54. The van der Waals surface area contributed by atoms with Crippen LogP contribution in [0, 0.1) is 6.92 Å². The molecule has 4 aromatic rings. The fourth-order valence-electron chi connectivity index (χ4n) is 2.78. The van der Waals surface area contributed by atoms with Crippen molar-refractivity contribution < 1.29 is 17.6 Å². The number of carbonyl (C=O) groups excluding carboxylic acids is 1. The highest BCUT2D eigenvalue weighted by atomic mass is 35.5. The molecule has 2 aromatic heterocycles. The van der Waals surface area contributed by atoms with Gasteiger partial charge in [-0.05, 0) is 37.3 Å². The predicted molar refractivity (Wildman–Crippen MR) is 113 cm³/mol. The number of halogens is 1. The molecule has 1 amide bonds. The second-order valence-corrected chi connectivity index (χ2v) is 9.08. The third kappa shape index (κ3) is 3.84. The van der Waals surface area contributed by atoms with Crippen LogP contribution in [0.25, 0.3) is 11.0 Å². The van der Waals surface area contributed by atoms with E-state index in [4.69, 9.17) is 16.0 Å². The van der Waals surface area contributed by atoms with Gasteiger partial charge in [-0.25, -0.2) is 13.4 Å². The summed E-state index contributed by atoms with van der Waals surface area (Å²) in [4.78, 5) is 16.6. The van der Waals surface area contributed by atoms with Crippen LogP contribution in [0.15, 0.2) is 63.4 Å². The van der Waals surface area contributed by atoms with Crippen molar-refractivity contribution in [3.63, 3.8) is 0 Å². The van der Waals surface area contributed by atoms with Gasteiger partial charge in [0.05, 0.1) is 9.92 Å². The van der Waals surface area contributed by atoms with E-state index in [-0.39, 0.29) is 15.8 Å². The Morgan fingerprint density at radius 2 is 1.93 bits per heavy atom. The summed E-state index contributed by atoms with van der Waals surface area (Å²) in [6, 6.07) is 11.1. The van der Waals surface area contributed by atoms with Crippen molar-refractivity contribution in [2.24, 2.45) is 0 Å². The molecule has 29 heavy (non-hydrogen) atoms. The average molecular weight is 448 g/mol. The monoisotopic (exact) mass is 447 g/mol. The fourth-order valence-corrected chi connectivity index (χ4v) is 4.78. The Kier molecular flexibility index (Phi) is 5.03. The normalized spacial score (nSPS) is 11.5. The molecule has 0 aliphatic rings. The molecular formula is C19H14ClN3O4S2. The molecule has 4 rings (SSSR count). The molecule has 0 fully saturated rings. The number of nitrogens with one attached hydrogen (secondary N) is 2. The van der Waals surface area contributed by atoms with Crippen LogP contribution in [-0.2, 0) is 10.0 Å². The van der Waals surface area contributed by atoms with E-state index in [0.29, 0.717) is 21.9 Å². The summed E-state index contributed by atoms with van der Waals surface area (Å²) in [6.07, 6.45) is 1.51. The van der Waals surface area contributed by atoms with Crippen LogP contribution in [0.5, 0.6) is 0 Å². The molecule has 0 atom stereocenters. The lowest BCUT2D eigenvalue weighted by molar-refractivity contribution is 0.0998. The van der Waals surface area contributed by atoms with Crippen LogP contribution < -0.4 is 10.0 Å². The number of fused-ring (bicyclic) bond motifs is 1. The number of hydrogen-bond acceptors (Lipinski definition) is 6. The minimum Gasteiger partial charge on any atom is -0.449 e. The number of sulfonamides is 1. The molecular weight excluding hydrogens is 434 g/mol. The minimum absolute atomic E-state index is 0.0531. The summed E-state index contributed by atoms with van der Waals surface area (Å²) in [5.41, 5.74) is 1.55. The second kappa shape index (κ2) is 7.51. The maximum atomic E-state index is 12.6. The van der Waals surface area contributed by atoms with Crippen LogP contribution in [0.1, 0.15) is 16.1 Å². The van der Waals surface area contributed by atoms with Gasteiger partial charge >= 0.3 is 0 Å². The number of hydrogen-bond donors (Lipinski definition) is 2. The quantitative estimate of drug-likeness (QED) is 0.453. The molecule has 0 spiro atoms. The number of benzene rings is 2.